The van der Waals surface area contributed by atoms with Crippen molar-refractivity contribution in [1.29, 1.82) is 0 Å². The summed E-state index contributed by atoms with van der Waals surface area (Å²) in [6, 6.07) is 9.75. The van der Waals surface area contributed by atoms with Crippen molar-refractivity contribution < 1.29 is 40.8 Å². The Hall–Kier alpha value is -1.65. The highest BCUT2D eigenvalue weighted by Gasteiger charge is 2.44. The zero-order chi connectivity index (χ0) is 18.1. The first-order chi connectivity index (χ1) is 10.5. The molecule has 0 amide bonds. The van der Waals surface area contributed by atoms with Gasteiger partial charge in [0.2, 0.25) is 0 Å². The van der Waals surface area contributed by atoms with E-state index in [4.69, 9.17) is 17.7 Å². The Bertz CT molecular complexity index is 571. The lowest BCUT2D eigenvalue weighted by Crippen LogP contribution is -2.23. The van der Waals surface area contributed by atoms with Crippen LogP contribution in [0.5, 0.6) is 0 Å². The van der Waals surface area contributed by atoms with Crippen LogP contribution in [0.3, 0.4) is 0 Å². The number of aryl methyl sites for hydroxylation is 1. The Morgan fingerprint density at radius 1 is 1.26 bits per heavy atom. The molecule has 1 rings (SSSR count). The molecule has 0 saturated carbocycles. The molecule has 10 heteroatoms. The molecular weight excluding hydrogens is 341 g/mol. The molecule has 0 fully saturated rings. The molecule has 23 heavy (non-hydrogen) atoms. The molecule has 6 nitrogen and oxygen atoms in total. The van der Waals surface area contributed by atoms with Gasteiger partial charge in [0.1, 0.15) is 0 Å². The quantitative estimate of drug-likeness (QED) is 0.474. The summed E-state index contributed by atoms with van der Waals surface area (Å²) in [5, 5.41) is 9.44. The number of benzene rings is 1. The van der Waals surface area contributed by atoms with E-state index >= 15 is 0 Å². The molecule has 1 aromatic carbocycles. The third kappa shape index (κ3) is 9.16. The number of hydrogen-bond donors (Lipinski definition) is 2. The van der Waals surface area contributed by atoms with E-state index in [1.807, 2.05) is 30.3 Å². The zero-order valence-corrected chi connectivity index (χ0v) is 13.0. The minimum absolute atomic E-state index is 0.307. The van der Waals surface area contributed by atoms with Gasteiger partial charge in [-0.15, -0.1) is 0 Å². The van der Waals surface area contributed by atoms with Gasteiger partial charge in [-0.3, -0.25) is 4.55 Å². The van der Waals surface area contributed by atoms with Gasteiger partial charge in [0.25, 0.3) is 0 Å². The van der Waals surface area contributed by atoms with Crippen LogP contribution in [0, 0.1) is 0 Å². The Morgan fingerprint density at radius 2 is 1.74 bits per heavy atom. The standard InChI is InChI=1S/C12H16O3.CHF3O3S/c1-2-15-12(14)11(13)9-8-10-6-4-3-5-7-10;2-1(3,4)8(5,6)7/h3-7,11,13H,2,8-9H2,1H3;(H,5,6,7). The molecule has 0 spiro atoms. The number of rotatable bonds is 5. The number of alkyl halides is 3. The Kier molecular flexibility index (Phi) is 8.80. The van der Waals surface area contributed by atoms with Gasteiger partial charge in [-0.2, -0.15) is 21.6 Å². The normalized spacial score (nSPS) is 12.8. The molecule has 0 aromatic heterocycles. The maximum absolute atomic E-state index is 11.1. The summed E-state index contributed by atoms with van der Waals surface area (Å²) in [6.07, 6.45) is 0.0779. The highest BCUT2D eigenvalue weighted by atomic mass is 32.2. The van der Waals surface area contributed by atoms with E-state index in [-0.39, 0.29) is 0 Å². The number of aliphatic hydroxyl groups is 1. The minimum Gasteiger partial charge on any atom is -0.464 e. The van der Waals surface area contributed by atoms with Gasteiger partial charge in [0, 0.05) is 0 Å². The number of aliphatic hydroxyl groups excluding tert-OH is 1. The molecule has 0 aliphatic heterocycles. The molecule has 0 saturated heterocycles. The fraction of sp³-hybridized carbons (Fsp3) is 0.462. The Labute approximate surface area is 131 Å². The molecule has 0 aliphatic carbocycles. The van der Waals surface area contributed by atoms with E-state index in [9.17, 15) is 23.1 Å². The molecule has 0 aliphatic rings. The molecule has 2 N–H and O–H groups in total. The number of halogens is 3. The first kappa shape index (κ1) is 21.4. The van der Waals surface area contributed by atoms with Crippen molar-refractivity contribution in [2.24, 2.45) is 0 Å². The monoisotopic (exact) mass is 358 g/mol. The van der Waals surface area contributed by atoms with Crippen LogP contribution in [0.2, 0.25) is 0 Å². The summed E-state index contributed by atoms with van der Waals surface area (Å²) in [6.45, 7) is 2.03. The molecule has 1 atom stereocenters. The molecule has 0 bridgehead atoms. The lowest BCUT2D eigenvalue weighted by atomic mass is 10.1. The maximum atomic E-state index is 11.1. The number of hydrogen-bond acceptors (Lipinski definition) is 5. The lowest BCUT2D eigenvalue weighted by Gasteiger charge is -2.09. The third-order valence-corrected chi connectivity index (χ3v) is 2.99. The maximum Gasteiger partial charge on any atom is 0.522 e. The smallest absolute Gasteiger partial charge is 0.464 e. The molecule has 132 valence electrons. The minimum atomic E-state index is -5.84. The lowest BCUT2D eigenvalue weighted by molar-refractivity contribution is -0.153. The van der Waals surface area contributed by atoms with Gasteiger partial charge in [-0.25, -0.2) is 4.79 Å². The van der Waals surface area contributed by atoms with Gasteiger partial charge in [0.05, 0.1) is 6.61 Å². The van der Waals surface area contributed by atoms with Crippen LogP contribution in [-0.2, 0) is 26.1 Å². The second-order valence-corrected chi connectivity index (χ2v) is 5.63. The van der Waals surface area contributed by atoms with Crippen molar-refractivity contribution in [1.82, 2.24) is 0 Å². The molecular formula is C13H17F3O6S. The summed E-state index contributed by atoms with van der Waals surface area (Å²) >= 11 is 0. The molecule has 0 radical (unpaired) electrons. The van der Waals surface area contributed by atoms with E-state index in [0.29, 0.717) is 19.4 Å². The SMILES string of the molecule is CCOC(=O)C(O)CCc1ccccc1.O=S(=O)(O)C(F)(F)F. The van der Waals surface area contributed by atoms with Gasteiger partial charge in [0.15, 0.2) is 6.10 Å². The van der Waals surface area contributed by atoms with Gasteiger partial charge < -0.3 is 9.84 Å². The second-order valence-electron chi connectivity index (χ2n) is 4.21. The summed E-state index contributed by atoms with van der Waals surface area (Å²) < 4.78 is 62.2. The molecule has 1 aromatic rings. The van der Waals surface area contributed by atoms with E-state index in [1.165, 1.54) is 0 Å². The molecule has 1 unspecified atom stereocenters. The van der Waals surface area contributed by atoms with Crippen LogP contribution in [0.25, 0.3) is 0 Å². The summed E-state index contributed by atoms with van der Waals surface area (Å²) in [5.41, 5.74) is -4.42. The average Bonchev–Trinajstić information content (AvgIpc) is 2.44. The largest absolute Gasteiger partial charge is 0.522 e. The van der Waals surface area contributed by atoms with Crippen molar-refractivity contribution in [2.45, 2.75) is 31.4 Å². The first-order valence-electron chi connectivity index (χ1n) is 6.41. The van der Waals surface area contributed by atoms with Crippen molar-refractivity contribution in [3.63, 3.8) is 0 Å². The van der Waals surface area contributed by atoms with Gasteiger partial charge in [-0.05, 0) is 25.3 Å². The first-order valence-corrected chi connectivity index (χ1v) is 7.85. The van der Waals surface area contributed by atoms with E-state index in [0.717, 1.165) is 5.56 Å². The van der Waals surface area contributed by atoms with Crippen LogP contribution in [0.4, 0.5) is 13.2 Å². The van der Waals surface area contributed by atoms with Crippen molar-refractivity contribution >= 4 is 16.1 Å². The predicted molar refractivity (Wildman–Crippen MR) is 75.0 cm³/mol. The highest BCUT2D eigenvalue weighted by molar-refractivity contribution is 7.86. The second kappa shape index (κ2) is 9.48. The number of esters is 1. The topological polar surface area (TPSA) is 101 Å². The van der Waals surface area contributed by atoms with E-state index < -0.39 is 27.7 Å². The van der Waals surface area contributed by atoms with Crippen LogP contribution < -0.4 is 0 Å². The Morgan fingerprint density at radius 3 is 2.13 bits per heavy atom. The fourth-order valence-electron chi connectivity index (χ4n) is 1.30. The van der Waals surface area contributed by atoms with E-state index in [1.54, 1.807) is 6.92 Å². The summed E-state index contributed by atoms with van der Waals surface area (Å²) in [4.78, 5) is 11.1. The van der Waals surface area contributed by atoms with Crippen LogP contribution in [0.1, 0.15) is 18.9 Å². The average molecular weight is 358 g/mol. The fourth-order valence-corrected chi connectivity index (χ4v) is 1.30. The van der Waals surface area contributed by atoms with Gasteiger partial charge in [-0.1, -0.05) is 30.3 Å². The number of carbonyl (C=O) groups excluding carboxylic acids is 1. The van der Waals surface area contributed by atoms with Gasteiger partial charge >= 0.3 is 21.6 Å². The zero-order valence-electron chi connectivity index (χ0n) is 12.2. The van der Waals surface area contributed by atoms with Crippen LogP contribution >= 0.6 is 0 Å². The van der Waals surface area contributed by atoms with Crippen LogP contribution in [0.15, 0.2) is 30.3 Å². The number of carbonyl (C=O) groups is 1. The number of ether oxygens (including phenoxy) is 1. The Balaban J connectivity index is 0.000000515. The summed E-state index contributed by atoms with van der Waals surface area (Å²) in [7, 11) is -5.84. The van der Waals surface area contributed by atoms with Crippen LogP contribution in [-0.4, -0.2) is 42.3 Å². The summed E-state index contributed by atoms with van der Waals surface area (Å²) in [5.74, 6) is -0.534. The third-order valence-electron chi connectivity index (χ3n) is 2.40. The molecule has 0 heterocycles. The highest BCUT2D eigenvalue weighted by Crippen LogP contribution is 2.20. The van der Waals surface area contributed by atoms with Crippen molar-refractivity contribution in [3.05, 3.63) is 35.9 Å². The van der Waals surface area contributed by atoms with E-state index in [2.05, 4.69) is 0 Å². The van der Waals surface area contributed by atoms with Crippen molar-refractivity contribution in [2.75, 3.05) is 6.61 Å². The van der Waals surface area contributed by atoms with Crippen molar-refractivity contribution in [3.8, 4) is 0 Å². The predicted octanol–water partition coefficient (Wildman–Crippen LogP) is 1.94.